The minimum absolute atomic E-state index is 0.626. The molecule has 0 spiro atoms. The Balaban J connectivity index is 1.99. The first-order valence-corrected chi connectivity index (χ1v) is 6.98. The van der Waals surface area contributed by atoms with Gasteiger partial charge < -0.3 is 9.64 Å². The van der Waals surface area contributed by atoms with Crippen molar-refractivity contribution in [3.05, 3.63) is 64.7 Å². The van der Waals surface area contributed by atoms with E-state index in [0.29, 0.717) is 6.61 Å². The van der Waals surface area contributed by atoms with Crippen molar-refractivity contribution >= 4 is 0 Å². The van der Waals surface area contributed by atoms with Gasteiger partial charge in [-0.2, -0.15) is 0 Å². The second kappa shape index (κ2) is 6.58. The van der Waals surface area contributed by atoms with Gasteiger partial charge in [-0.05, 0) is 62.3 Å². The summed E-state index contributed by atoms with van der Waals surface area (Å²) in [7, 11) is 4.15. The molecule has 0 saturated heterocycles. The van der Waals surface area contributed by atoms with Crippen LogP contribution in [0.25, 0.3) is 0 Å². The van der Waals surface area contributed by atoms with E-state index < -0.39 is 0 Å². The molecule has 0 amide bonds. The third-order valence-corrected chi connectivity index (χ3v) is 3.53. The largest absolute Gasteiger partial charge is 0.489 e. The zero-order valence-electron chi connectivity index (χ0n) is 12.8. The summed E-state index contributed by atoms with van der Waals surface area (Å²) in [5.41, 5.74) is 5.18. The van der Waals surface area contributed by atoms with Crippen molar-refractivity contribution in [2.75, 3.05) is 14.1 Å². The number of rotatable bonds is 5. The van der Waals surface area contributed by atoms with E-state index in [2.05, 4.69) is 63.2 Å². The highest BCUT2D eigenvalue weighted by Gasteiger charge is 2.02. The van der Waals surface area contributed by atoms with Crippen LogP contribution in [0, 0.1) is 13.8 Å². The summed E-state index contributed by atoms with van der Waals surface area (Å²) in [4.78, 5) is 2.16. The molecule has 106 valence electrons. The summed E-state index contributed by atoms with van der Waals surface area (Å²) in [6.45, 7) is 5.86. The van der Waals surface area contributed by atoms with Crippen LogP contribution in [0.2, 0.25) is 0 Å². The van der Waals surface area contributed by atoms with Gasteiger partial charge in [-0.25, -0.2) is 0 Å². The fraction of sp³-hybridized carbons (Fsp3) is 0.333. The van der Waals surface area contributed by atoms with Crippen molar-refractivity contribution in [2.45, 2.75) is 27.0 Å². The van der Waals surface area contributed by atoms with E-state index in [1.54, 1.807) is 0 Å². The van der Waals surface area contributed by atoms with Crippen LogP contribution >= 0.6 is 0 Å². The standard InChI is InChI=1S/C18H23NO/c1-14-6-5-7-17(15(14)2)13-20-18-10-8-16(9-11-18)12-19(3)4/h5-11H,12-13H2,1-4H3. The summed E-state index contributed by atoms with van der Waals surface area (Å²) in [5, 5.41) is 0. The Morgan fingerprint density at radius 2 is 1.65 bits per heavy atom. The van der Waals surface area contributed by atoms with Gasteiger partial charge >= 0.3 is 0 Å². The second-order valence-electron chi connectivity index (χ2n) is 5.53. The molecule has 2 heteroatoms. The lowest BCUT2D eigenvalue weighted by Crippen LogP contribution is -2.10. The van der Waals surface area contributed by atoms with Gasteiger partial charge in [-0.3, -0.25) is 0 Å². The van der Waals surface area contributed by atoms with Crippen LogP contribution in [0.1, 0.15) is 22.3 Å². The van der Waals surface area contributed by atoms with E-state index in [9.17, 15) is 0 Å². The molecule has 0 aliphatic rings. The van der Waals surface area contributed by atoms with Gasteiger partial charge in [-0.15, -0.1) is 0 Å². The second-order valence-corrected chi connectivity index (χ2v) is 5.53. The summed E-state index contributed by atoms with van der Waals surface area (Å²) in [6.07, 6.45) is 0. The van der Waals surface area contributed by atoms with E-state index in [0.717, 1.165) is 12.3 Å². The molecule has 20 heavy (non-hydrogen) atoms. The number of benzene rings is 2. The average molecular weight is 269 g/mol. The lowest BCUT2D eigenvalue weighted by molar-refractivity contribution is 0.305. The maximum atomic E-state index is 5.87. The van der Waals surface area contributed by atoms with Crippen molar-refractivity contribution in [3.8, 4) is 5.75 Å². The third kappa shape index (κ3) is 3.84. The minimum Gasteiger partial charge on any atom is -0.489 e. The Bertz CT molecular complexity index is 558. The zero-order valence-corrected chi connectivity index (χ0v) is 12.8. The summed E-state index contributed by atoms with van der Waals surface area (Å²) in [6, 6.07) is 14.7. The van der Waals surface area contributed by atoms with Gasteiger partial charge in [0.2, 0.25) is 0 Å². The van der Waals surface area contributed by atoms with Crippen LogP contribution < -0.4 is 4.74 Å². The highest BCUT2D eigenvalue weighted by Crippen LogP contribution is 2.18. The van der Waals surface area contributed by atoms with Gasteiger partial charge in [0.05, 0.1) is 0 Å². The molecule has 0 unspecified atom stereocenters. The number of hydrogen-bond donors (Lipinski definition) is 0. The number of hydrogen-bond acceptors (Lipinski definition) is 2. The van der Waals surface area contributed by atoms with Crippen LogP contribution in [0.4, 0.5) is 0 Å². The van der Waals surface area contributed by atoms with Gasteiger partial charge in [-0.1, -0.05) is 30.3 Å². The molecule has 0 fully saturated rings. The topological polar surface area (TPSA) is 12.5 Å². The van der Waals surface area contributed by atoms with Gasteiger partial charge in [0.1, 0.15) is 12.4 Å². The molecule has 0 bridgehead atoms. The predicted molar refractivity (Wildman–Crippen MR) is 84.1 cm³/mol. The molecule has 2 aromatic carbocycles. The van der Waals surface area contributed by atoms with E-state index in [1.165, 1.54) is 22.3 Å². The fourth-order valence-corrected chi connectivity index (χ4v) is 2.19. The first-order chi connectivity index (χ1) is 9.56. The molecule has 0 saturated carbocycles. The smallest absolute Gasteiger partial charge is 0.119 e. The molecule has 0 radical (unpaired) electrons. The van der Waals surface area contributed by atoms with E-state index in [-0.39, 0.29) is 0 Å². The Morgan fingerprint density at radius 1 is 0.950 bits per heavy atom. The van der Waals surface area contributed by atoms with Crippen LogP contribution in [0.3, 0.4) is 0 Å². The summed E-state index contributed by atoms with van der Waals surface area (Å²) in [5.74, 6) is 0.924. The molecule has 0 aliphatic heterocycles. The van der Waals surface area contributed by atoms with Crippen molar-refractivity contribution in [2.24, 2.45) is 0 Å². The number of nitrogens with zero attached hydrogens (tertiary/aromatic N) is 1. The number of aryl methyl sites for hydroxylation is 1. The van der Waals surface area contributed by atoms with Crippen LogP contribution in [-0.2, 0) is 13.2 Å². The Labute approximate surface area is 122 Å². The Kier molecular flexibility index (Phi) is 4.80. The van der Waals surface area contributed by atoms with Gasteiger partial charge in [0.15, 0.2) is 0 Å². The molecule has 0 N–H and O–H groups in total. The SMILES string of the molecule is Cc1cccc(COc2ccc(CN(C)C)cc2)c1C. The van der Waals surface area contributed by atoms with Crippen LogP contribution in [0.15, 0.2) is 42.5 Å². The minimum atomic E-state index is 0.626. The lowest BCUT2D eigenvalue weighted by Gasteiger charge is -2.12. The Morgan fingerprint density at radius 3 is 2.30 bits per heavy atom. The molecular weight excluding hydrogens is 246 g/mol. The van der Waals surface area contributed by atoms with Crippen molar-refractivity contribution in [1.82, 2.24) is 4.90 Å². The predicted octanol–water partition coefficient (Wildman–Crippen LogP) is 3.94. The van der Waals surface area contributed by atoms with Crippen molar-refractivity contribution < 1.29 is 4.74 Å². The maximum absolute atomic E-state index is 5.87. The molecule has 0 aliphatic carbocycles. The average Bonchev–Trinajstić information content (AvgIpc) is 2.41. The molecule has 0 atom stereocenters. The normalized spacial score (nSPS) is 10.8. The van der Waals surface area contributed by atoms with Crippen LogP contribution in [0.5, 0.6) is 5.75 Å². The molecule has 0 heterocycles. The van der Waals surface area contributed by atoms with Gasteiger partial charge in [0.25, 0.3) is 0 Å². The Hall–Kier alpha value is -1.80. The molecule has 2 rings (SSSR count). The van der Waals surface area contributed by atoms with E-state index >= 15 is 0 Å². The monoisotopic (exact) mass is 269 g/mol. The summed E-state index contributed by atoms with van der Waals surface area (Å²) < 4.78 is 5.87. The van der Waals surface area contributed by atoms with E-state index in [1.807, 2.05) is 12.1 Å². The fourth-order valence-electron chi connectivity index (χ4n) is 2.19. The first kappa shape index (κ1) is 14.6. The lowest BCUT2D eigenvalue weighted by atomic mass is 10.0. The highest BCUT2D eigenvalue weighted by atomic mass is 16.5. The van der Waals surface area contributed by atoms with Crippen LogP contribution in [-0.4, -0.2) is 19.0 Å². The third-order valence-electron chi connectivity index (χ3n) is 3.53. The molecular formula is C18H23NO. The van der Waals surface area contributed by atoms with Gasteiger partial charge in [0, 0.05) is 6.54 Å². The molecule has 0 aromatic heterocycles. The van der Waals surface area contributed by atoms with E-state index in [4.69, 9.17) is 4.74 Å². The first-order valence-electron chi connectivity index (χ1n) is 6.98. The van der Waals surface area contributed by atoms with Crippen molar-refractivity contribution in [1.29, 1.82) is 0 Å². The molecule has 2 nitrogen and oxygen atoms in total. The quantitative estimate of drug-likeness (QED) is 0.815. The van der Waals surface area contributed by atoms with Crippen molar-refractivity contribution in [3.63, 3.8) is 0 Å². The number of ether oxygens (including phenoxy) is 1. The zero-order chi connectivity index (χ0) is 14.5. The highest BCUT2D eigenvalue weighted by molar-refractivity contribution is 5.33. The maximum Gasteiger partial charge on any atom is 0.119 e. The molecule has 2 aromatic rings. The summed E-state index contributed by atoms with van der Waals surface area (Å²) >= 11 is 0.